The normalized spacial score (nSPS) is 11.7. The summed E-state index contributed by atoms with van der Waals surface area (Å²) in [6, 6.07) is 6.38. The second-order valence-corrected chi connectivity index (χ2v) is 3.69. The van der Waals surface area contributed by atoms with E-state index in [2.05, 4.69) is 0 Å². The molecule has 0 heterocycles. The standard InChI is InChI=1S/C14H13NO5/c1-19-12-4-9(5-13(7-12)20-2)3-11(16)6-10(8-15)14(17)18/h3-7,16H,1-2H3,(H,17,18)/b10-6+,11-3+. The first-order chi connectivity index (χ1) is 9.49. The van der Waals surface area contributed by atoms with Gasteiger partial charge in [-0.3, -0.25) is 0 Å². The second kappa shape index (κ2) is 6.85. The molecule has 104 valence electrons. The van der Waals surface area contributed by atoms with Crippen molar-refractivity contribution in [1.82, 2.24) is 0 Å². The monoisotopic (exact) mass is 275 g/mol. The zero-order chi connectivity index (χ0) is 15.1. The SMILES string of the molecule is COc1cc(/C=C(O)\C=C(/C#N)C(=O)O)cc(OC)c1. The number of carbonyl (C=O) groups is 1. The van der Waals surface area contributed by atoms with Gasteiger partial charge in [0.05, 0.1) is 14.2 Å². The van der Waals surface area contributed by atoms with Crippen LogP contribution in [0.3, 0.4) is 0 Å². The number of hydrogen-bond donors (Lipinski definition) is 2. The molecule has 1 rings (SSSR count). The molecule has 6 heteroatoms. The summed E-state index contributed by atoms with van der Waals surface area (Å²) in [4.78, 5) is 10.7. The molecule has 6 nitrogen and oxygen atoms in total. The van der Waals surface area contributed by atoms with Gasteiger partial charge in [-0.25, -0.2) is 4.79 Å². The molecule has 0 aliphatic heterocycles. The van der Waals surface area contributed by atoms with Crippen molar-refractivity contribution < 1.29 is 24.5 Å². The predicted molar refractivity (Wildman–Crippen MR) is 71.5 cm³/mol. The molecule has 0 aliphatic rings. The molecule has 0 saturated heterocycles. The van der Waals surface area contributed by atoms with Gasteiger partial charge in [0.2, 0.25) is 0 Å². The largest absolute Gasteiger partial charge is 0.508 e. The summed E-state index contributed by atoms with van der Waals surface area (Å²) in [5.74, 6) is -0.729. The highest BCUT2D eigenvalue weighted by molar-refractivity contribution is 5.91. The summed E-state index contributed by atoms with van der Waals surface area (Å²) in [6.45, 7) is 0. The quantitative estimate of drug-likeness (QED) is 0.369. The van der Waals surface area contributed by atoms with Gasteiger partial charge in [-0.1, -0.05) is 0 Å². The molecule has 0 amide bonds. The molecule has 1 aromatic carbocycles. The van der Waals surface area contributed by atoms with E-state index in [4.69, 9.17) is 19.8 Å². The van der Waals surface area contributed by atoms with Gasteiger partial charge in [0, 0.05) is 12.1 Å². The minimum atomic E-state index is -1.41. The number of aliphatic hydroxyl groups excluding tert-OH is 1. The van der Waals surface area contributed by atoms with E-state index in [1.165, 1.54) is 26.4 Å². The second-order valence-electron chi connectivity index (χ2n) is 3.69. The number of rotatable bonds is 5. The fourth-order valence-electron chi connectivity index (χ4n) is 1.41. The Kier molecular flexibility index (Phi) is 5.18. The Morgan fingerprint density at radius 3 is 2.15 bits per heavy atom. The van der Waals surface area contributed by atoms with E-state index in [1.54, 1.807) is 18.2 Å². The Bertz CT molecular complexity index is 588. The van der Waals surface area contributed by atoms with Crippen LogP contribution in [0.5, 0.6) is 11.5 Å². The molecule has 0 atom stereocenters. The van der Waals surface area contributed by atoms with E-state index < -0.39 is 11.5 Å². The van der Waals surface area contributed by atoms with Crippen molar-refractivity contribution in [3.05, 3.63) is 41.2 Å². The first kappa shape index (κ1) is 15.1. The van der Waals surface area contributed by atoms with Crippen LogP contribution in [0.1, 0.15) is 5.56 Å². The zero-order valence-corrected chi connectivity index (χ0v) is 11.0. The minimum Gasteiger partial charge on any atom is -0.508 e. The molecule has 0 bridgehead atoms. The van der Waals surface area contributed by atoms with Crippen LogP contribution in [0.25, 0.3) is 6.08 Å². The number of carboxylic acid groups (broad SMARTS) is 1. The van der Waals surface area contributed by atoms with Crippen molar-refractivity contribution in [1.29, 1.82) is 5.26 Å². The molecular formula is C14H13NO5. The molecule has 20 heavy (non-hydrogen) atoms. The number of aliphatic hydroxyl groups is 1. The maximum Gasteiger partial charge on any atom is 0.346 e. The molecule has 0 radical (unpaired) electrons. The van der Waals surface area contributed by atoms with Crippen LogP contribution < -0.4 is 9.47 Å². The number of aliphatic carboxylic acids is 1. The topological polar surface area (TPSA) is 99.8 Å². The average Bonchev–Trinajstić information content (AvgIpc) is 2.43. The van der Waals surface area contributed by atoms with Crippen molar-refractivity contribution in [2.45, 2.75) is 0 Å². The molecule has 0 aliphatic carbocycles. The number of methoxy groups -OCH3 is 2. The lowest BCUT2D eigenvalue weighted by molar-refractivity contribution is -0.132. The number of carboxylic acids is 1. The first-order valence-electron chi connectivity index (χ1n) is 5.49. The average molecular weight is 275 g/mol. The van der Waals surface area contributed by atoms with Gasteiger partial charge in [0.15, 0.2) is 0 Å². The van der Waals surface area contributed by atoms with Gasteiger partial charge in [-0.2, -0.15) is 5.26 Å². The third kappa shape index (κ3) is 4.07. The smallest absolute Gasteiger partial charge is 0.346 e. The first-order valence-corrected chi connectivity index (χ1v) is 5.49. The van der Waals surface area contributed by atoms with Crippen LogP contribution in [0, 0.1) is 11.3 Å². The van der Waals surface area contributed by atoms with Gasteiger partial charge in [-0.05, 0) is 23.8 Å². The molecule has 0 unspecified atom stereocenters. The summed E-state index contributed by atoms with van der Waals surface area (Å²) < 4.78 is 10.1. The maximum absolute atomic E-state index is 10.7. The third-order valence-corrected chi connectivity index (χ3v) is 2.33. The van der Waals surface area contributed by atoms with Crippen molar-refractivity contribution >= 4 is 12.0 Å². The fraction of sp³-hybridized carbons (Fsp3) is 0.143. The number of ether oxygens (including phenoxy) is 2. The van der Waals surface area contributed by atoms with E-state index in [1.807, 2.05) is 0 Å². The number of hydrogen-bond acceptors (Lipinski definition) is 5. The fourth-order valence-corrected chi connectivity index (χ4v) is 1.41. The number of allylic oxidation sites excluding steroid dienone is 1. The van der Waals surface area contributed by atoms with E-state index in [-0.39, 0.29) is 5.76 Å². The molecule has 1 aromatic rings. The van der Waals surface area contributed by atoms with Crippen LogP contribution >= 0.6 is 0 Å². The maximum atomic E-state index is 10.7. The highest BCUT2D eigenvalue weighted by Gasteiger charge is 2.07. The van der Waals surface area contributed by atoms with Gasteiger partial charge >= 0.3 is 5.97 Å². The Labute approximate surface area is 115 Å². The van der Waals surface area contributed by atoms with E-state index in [9.17, 15) is 9.90 Å². The van der Waals surface area contributed by atoms with Crippen LogP contribution in [-0.4, -0.2) is 30.4 Å². The lowest BCUT2D eigenvalue weighted by atomic mass is 10.1. The van der Waals surface area contributed by atoms with Gasteiger partial charge in [-0.15, -0.1) is 0 Å². The van der Waals surface area contributed by atoms with Crippen molar-refractivity contribution in [2.75, 3.05) is 14.2 Å². The zero-order valence-electron chi connectivity index (χ0n) is 11.0. The predicted octanol–water partition coefficient (Wildman–Crippen LogP) is 2.14. The highest BCUT2D eigenvalue weighted by Crippen LogP contribution is 2.24. The highest BCUT2D eigenvalue weighted by atomic mass is 16.5. The molecule has 0 spiro atoms. The number of nitrogens with zero attached hydrogens (tertiary/aromatic N) is 1. The Hall–Kier alpha value is -2.94. The van der Waals surface area contributed by atoms with Crippen LogP contribution in [-0.2, 0) is 4.79 Å². The van der Waals surface area contributed by atoms with Crippen LogP contribution in [0.15, 0.2) is 35.6 Å². The molecule has 2 N–H and O–H groups in total. The molecular weight excluding hydrogens is 262 g/mol. The van der Waals surface area contributed by atoms with E-state index >= 15 is 0 Å². The van der Waals surface area contributed by atoms with Gasteiger partial charge in [0.25, 0.3) is 0 Å². The van der Waals surface area contributed by atoms with Gasteiger partial charge in [0.1, 0.15) is 28.9 Å². The number of benzene rings is 1. The summed E-state index contributed by atoms with van der Waals surface area (Å²) in [5.41, 5.74) is -0.0220. The third-order valence-electron chi connectivity index (χ3n) is 2.33. The van der Waals surface area contributed by atoms with Gasteiger partial charge < -0.3 is 19.7 Å². The van der Waals surface area contributed by atoms with Crippen molar-refractivity contribution in [3.63, 3.8) is 0 Å². The molecule has 0 fully saturated rings. The van der Waals surface area contributed by atoms with Crippen molar-refractivity contribution in [2.24, 2.45) is 0 Å². The Morgan fingerprint density at radius 2 is 1.75 bits per heavy atom. The lowest BCUT2D eigenvalue weighted by Gasteiger charge is -2.06. The summed E-state index contributed by atoms with van der Waals surface area (Å²) >= 11 is 0. The number of nitriles is 1. The Morgan fingerprint density at radius 1 is 1.20 bits per heavy atom. The summed E-state index contributed by atoms with van der Waals surface area (Å²) in [7, 11) is 2.97. The van der Waals surface area contributed by atoms with E-state index in [0.717, 1.165) is 6.08 Å². The molecule has 0 aromatic heterocycles. The molecule has 0 saturated carbocycles. The van der Waals surface area contributed by atoms with E-state index in [0.29, 0.717) is 17.1 Å². The Balaban J connectivity index is 3.16. The lowest BCUT2D eigenvalue weighted by Crippen LogP contribution is -1.98. The minimum absolute atomic E-state index is 0.362. The van der Waals surface area contributed by atoms with Crippen LogP contribution in [0.2, 0.25) is 0 Å². The van der Waals surface area contributed by atoms with Crippen molar-refractivity contribution in [3.8, 4) is 17.6 Å². The van der Waals surface area contributed by atoms with Crippen LogP contribution in [0.4, 0.5) is 0 Å². The summed E-state index contributed by atoms with van der Waals surface area (Å²) in [6.07, 6.45) is 2.17. The summed E-state index contributed by atoms with van der Waals surface area (Å²) in [5, 5.41) is 27.0.